The average molecular weight is 400 g/mol. The number of hydrogen-bond donors (Lipinski definition) is 0. The monoisotopic (exact) mass is 399 g/mol. The first kappa shape index (κ1) is 27.8. The highest BCUT2D eigenvalue weighted by atomic mass is 16.5. The summed E-state index contributed by atoms with van der Waals surface area (Å²) in [4.78, 5) is 7.45. The van der Waals surface area contributed by atoms with Crippen molar-refractivity contribution in [1.82, 2.24) is 14.7 Å². The van der Waals surface area contributed by atoms with Crippen LogP contribution in [0.2, 0.25) is 0 Å². The van der Waals surface area contributed by atoms with E-state index in [1.807, 2.05) is 13.8 Å². The van der Waals surface area contributed by atoms with Gasteiger partial charge in [-0.25, -0.2) is 0 Å². The molecule has 0 aromatic carbocycles. The van der Waals surface area contributed by atoms with Crippen molar-refractivity contribution in [2.75, 3.05) is 60.0 Å². The molecule has 0 N–H and O–H groups in total. The van der Waals surface area contributed by atoms with Crippen LogP contribution in [0.5, 0.6) is 0 Å². The number of rotatable bonds is 7. The van der Waals surface area contributed by atoms with Crippen LogP contribution < -0.4 is 0 Å². The Kier molecular flexibility index (Phi) is 17.6. The average Bonchev–Trinajstić information content (AvgIpc) is 3.53. The van der Waals surface area contributed by atoms with Crippen molar-refractivity contribution in [3.05, 3.63) is 0 Å². The zero-order chi connectivity index (χ0) is 21.4. The van der Waals surface area contributed by atoms with Gasteiger partial charge in [0, 0.05) is 19.1 Å². The molecule has 2 saturated heterocycles. The SMILES string of the molecule is CC.CCC.CCC1CCN(C2COC2)CC1.CCN(C)CCN(C)C1CC1. The fourth-order valence-electron chi connectivity index (χ4n) is 3.34. The molecule has 0 aromatic rings. The van der Waals surface area contributed by atoms with Gasteiger partial charge in [0.15, 0.2) is 0 Å². The fourth-order valence-corrected chi connectivity index (χ4v) is 3.34. The third-order valence-corrected chi connectivity index (χ3v) is 5.91. The van der Waals surface area contributed by atoms with Crippen molar-refractivity contribution in [3.63, 3.8) is 0 Å². The minimum absolute atomic E-state index is 0.766. The lowest BCUT2D eigenvalue weighted by atomic mass is 9.93. The minimum Gasteiger partial charge on any atom is -0.378 e. The van der Waals surface area contributed by atoms with Crippen molar-refractivity contribution < 1.29 is 4.74 Å². The van der Waals surface area contributed by atoms with E-state index in [2.05, 4.69) is 56.5 Å². The highest BCUT2D eigenvalue weighted by Gasteiger charge is 2.28. The van der Waals surface area contributed by atoms with Gasteiger partial charge in [0.25, 0.3) is 0 Å². The summed E-state index contributed by atoms with van der Waals surface area (Å²) in [5.74, 6) is 1.00. The summed E-state index contributed by atoms with van der Waals surface area (Å²) in [6.07, 6.45) is 8.29. The standard InChI is InChI=1S/C10H19NO.C9H20N2.C3H8.C2H6/c1-2-9-3-5-11(6-4-9)10-7-12-8-10;1-4-10(2)7-8-11(3)9-5-6-9;1-3-2;1-2/h9-10H,2-8H2,1H3;9H,4-8H2,1-3H3;3H2,1-2H3;1-2H3. The van der Waals surface area contributed by atoms with Crippen LogP contribution in [0.1, 0.15) is 80.1 Å². The van der Waals surface area contributed by atoms with Gasteiger partial charge in [-0.3, -0.25) is 4.90 Å². The van der Waals surface area contributed by atoms with Crippen molar-refractivity contribution in [2.45, 2.75) is 92.2 Å². The lowest BCUT2D eigenvalue weighted by molar-refractivity contribution is -0.0738. The van der Waals surface area contributed by atoms with Gasteiger partial charge >= 0.3 is 0 Å². The molecule has 1 saturated carbocycles. The number of likely N-dealkylation sites (N-methyl/N-ethyl adjacent to an activating group) is 2. The second-order valence-electron chi connectivity index (χ2n) is 8.39. The third kappa shape index (κ3) is 12.4. The van der Waals surface area contributed by atoms with Crippen LogP contribution in [0, 0.1) is 5.92 Å². The van der Waals surface area contributed by atoms with Crippen LogP contribution in [0.25, 0.3) is 0 Å². The van der Waals surface area contributed by atoms with E-state index in [1.165, 1.54) is 71.2 Å². The summed E-state index contributed by atoms with van der Waals surface area (Å²) in [7, 11) is 4.42. The zero-order valence-electron chi connectivity index (χ0n) is 20.7. The van der Waals surface area contributed by atoms with Crippen LogP contribution in [0.4, 0.5) is 0 Å². The molecule has 2 aliphatic heterocycles. The smallest absolute Gasteiger partial charge is 0.0645 e. The van der Waals surface area contributed by atoms with Gasteiger partial charge in [-0.1, -0.05) is 54.4 Å². The number of likely N-dealkylation sites (tertiary alicyclic amines) is 1. The van der Waals surface area contributed by atoms with Gasteiger partial charge in [0.05, 0.1) is 19.3 Å². The van der Waals surface area contributed by atoms with E-state index in [0.29, 0.717) is 0 Å². The molecule has 4 heteroatoms. The molecule has 3 fully saturated rings. The molecule has 28 heavy (non-hydrogen) atoms. The van der Waals surface area contributed by atoms with E-state index in [4.69, 9.17) is 4.74 Å². The molecule has 1 aliphatic carbocycles. The summed E-state index contributed by atoms with van der Waals surface area (Å²) in [6.45, 7) is 21.0. The molecule has 170 valence electrons. The largest absolute Gasteiger partial charge is 0.378 e. The predicted octanol–water partition coefficient (Wildman–Crippen LogP) is 4.98. The molecular formula is C24H53N3O. The number of nitrogens with zero attached hydrogens (tertiary/aromatic N) is 3. The Hall–Kier alpha value is -0.160. The molecule has 0 unspecified atom stereocenters. The van der Waals surface area contributed by atoms with E-state index in [0.717, 1.165) is 31.2 Å². The topological polar surface area (TPSA) is 19.0 Å². The van der Waals surface area contributed by atoms with Crippen LogP contribution in [-0.4, -0.2) is 86.8 Å². The second-order valence-corrected chi connectivity index (χ2v) is 8.39. The van der Waals surface area contributed by atoms with E-state index >= 15 is 0 Å². The summed E-state index contributed by atoms with van der Waals surface area (Å²) in [5.41, 5.74) is 0. The third-order valence-electron chi connectivity index (χ3n) is 5.91. The van der Waals surface area contributed by atoms with Gasteiger partial charge in [0.1, 0.15) is 0 Å². The van der Waals surface area contributed by atoms with Crippen molar-refractivity contribution in [2.24, 2.45) is 5.92 Å². The summed E-state index contributed by atoms with van der Waals surface area (Å²) in [6, 6.07) is 1.68. The van der Waals surface area contributed by atoms with E-state index in [1.54, 1.807) is 0 Å². The Balaban J connectivity index is 0.000000426. The van der Waals surface area contributed by atoms with Crippen molar-refractivity contribution in [3.8, 4) is 0 Å². The van der Waals surface area contributed by atoms with Crippen LogP contribution in [0.3, 0.4) is 0 Å². The molecular weight excluding hydrogens is 346 g/mol. The molecule has 3 aliphatic rings. The molecule has 0 bridgehead atoms. The maximum atomic E-state index is 5.20. The first-order chi connectivity index (χ1) is 13.5. The Morgan fingerprint density at radius 3 is 1.75 bits per heavy atom. The summed E-state index contributed by atoms with van der Waals surface area (Å²) in [5, 5.41) is 0. The maximum Gasteiger partial charge on any atom is 0.0645 e. The Bertz CT molecular complexity index is 324. The minimum atomic E-state index is 0.766. The number of ether oxygens (including phenoxy) is 1. The van der Waals surface area contributed by atoms with E-state index in [9.17, 15) is 0 Å². The zero-order valence-corrected chi connectivity index (χ0v) is 20.7. The highest BCUT2D eigenvalue weighted by Crippen LogP contribution is 2.25. The first-order valence-corrected chi connectivity index (χ1v) is 12.3. The Labute approximate surface area is 178 Å². The van der Waals surface area contributed by atoms with Gasteiger partial charge < -0.3 is 14.5 Å². The molecule has 0 spiro atoms. The number of piperidine rings is 1. The predicted molar refractivity (Wildman–Crippen MR) is 125 cm³/mol. The van der Waals surface area contributed by atoms with Crippen LogP contribution >= 0.6 is 0 Å². The lowest BCUT2D eigenvalue weighted by Gasteiger charge is -2.41. The molecule has 2 heterocycles. The molecule has 0 radical (unpaired) electrons. The normalized spacial score (nSPS) is 20.4. The Morgan fingerprint density at radius 1 is 0.857 bits per heavy atom. The quantitative estimate of drug-likeness (QED) is 0.601. The van der Waals surface area contributed by atoms with E-state index in [-0.39, 0.29) is 0 Å². The van der Waals surface area contributed by atoms with Gasteiger partial charge in [-0.05, 0) is 65.3 Å². The Morgan fingerprint density at radius 2 is 1.39 bits per heavy atom. The van der Waals surface area contributed by atoms with Gasteiger partial charge in [-0.15, -0.1) is 0 Å². The van der Waals surface area contributed by atoms with Crippen molar-refractivity contribution in [1.29, 1.82) is 0 Å². The molecule has 0 aromatic heterocycles. The maximum absolute atomic E-state index is 5.20. The molecule has 4 nitrogen and oxygen atoms in total. The fraction of sp³-hybridized carbons (Fsp3) is 1.00. The van der Waals surface area contributed by atoms with Gasteiger partial charge in [-0.2, -0.15) is 0 Å². The second kappa shape index (κ2) is 17.7. The number of hydrogen-bond acceptors (Lipinski definition) is 4. The van der Waals surface area contributed by atoms with E-state index < -0.39 is 0 Å². The molecule has 0 amide bonds. The molecule has 0 atom stereocenters. The van der Waals surface area contributed by atoms with Crippen molar-refractivity contribution >= 4 is 0 Å². The highest BCUT2D eigenvalue weighted by molar-refractivity contribution is 4.82. The summed E-state index contributed by atoms with van der Waals surface area (Å²) >= 11 is 0. The first-order valence-electron chi connectivity index (χ1n) is 12.3. The lowest BCUT2D eigenvalue weighted by Crippen LogP contribution is -2.51. The van der Waals surface area contributed by atoms with Crippen LogP contribution in [0.15, 0.2) is 0 Å². The van der Waals surface area contributed by atoms with Gasteiger partial charge in [0.2, 0.25) is 0 Å². The van der Waals surface area contributed by atoms with Crippen LogP contribution in [-0.2, 0) is 4.74 Å². The molecule has 3 rings (SSSR count). The summed E-state index contributed by atoms with van der Waals surface area (Å²) < 4.78 is 5.20.